The van der Waals surface area contributed by atoms with E-state index in [1.165, 1.54) is 24.3 Å². The van der Waals surface area contributed by atoms with Crippen molar-refractivity contribution in [2.75, 3.05) is 41.3 Å². The van der Waals surface area contributed by atoms with Gasteiger partial charge in [-0.2, -0.15) is 0 Å². The average Bonchev–Trinajstić information content (AvgIpc) is 2.91. The molecule has 0 spiro atoms. The van der Waals surface area contributed by atoms with E-state index >= 15 is 0 Å². The van der Waals surface area contributed by atoms with Crippen molar-refractivity contribution in [2.45, 2.75) is 0 Å². The van der Waals surface area contributed by atoms with Gasteiger partial charge in [-0.05, 0) is 36.5 Å². The number of thiocarbonyl (C=S) groups is 1. The Morgan fingerprint density at radius 2 is 1.49 bits per heavy atom. The second-order valence-corrected chi connectivity index (χ2v) is 9.09. The molecule has 3 aromatic rings. The molecule has 39 heavy (non-hydrogen) atoms. The molecule has 204 valence electrons. The van der Waals surface area contributed by atoms with Gasteiger partial charge in [0.05, 0.1) is 15.6 Å². The molecule has 1 fully saturated rings. The predicted molar refractivity (Wildman–Crippen MR) is 139 cm³/mol. The van der Waals surface area contributed by atoms with E-state index in [2.05, 4.69) is 10.6 Å². The number of carbonyl (C=O) groups excluding carboxylic acids is 1. The lowest BCUT2D eigenvalue weighted by Gasteiger charge is -2.38. The molecule has 1 heterocycles. The van der Waals surface area contributed by atoms with Gasteiger partial charge < -0.3 is 15.1 Å². The lowest BCUT2D eigenvalue weighted by atomic mass is 10.2. The molecule has 15 heteroatoms. The maximum atomic E-state index is 14.2. The molecule has 1 aliphatic heterocycles. The van der Waals surface area contributed by atoms with Crippen LogP contribution in [0.1, 0.15) is 10.4 Å². The van der Waals surface area contributed by atoms with Crippen molar-refractivity contribution < 1.29 is 31.7 Å². The van der Waals surface area contributed by atoms with Crippen LogP contribution in [0.3, 0.4) is 0 Å². The van der Waals surface area contributed by atoms with Crippen molar-refractivity contribution >= 4 is 57.6 Å². The molecule has 4 rings (SSSR count). The molecule has 0 aliphatic carbocycles. The van der Waals surface area contributed by atoms with Crippen LogP contribution in [0.2, 0.25) is 5.02 Å². The van der Waals surface area contributed by atoms with Crippen LogP contribution in [-0.4, -0.2) is 42.1 Å². The summed E-state index contributed by atoms with van der Waals surface area (Å²) in [7, 11) is 0. The monoisotopic (exact) mass is 585 g/mol. The minimum absolute atomic E-state index is 0.0340. The first-order valence-electron chi connectivity index (χ1n) is 11.2. The molecule has 8 nitrogen and oxygen atoms in total. The first kappa shape index (κ1) is 28.0. The molecule has 2 N–H and O–H groups in total. The number of amides is 1. The fourth-order valence-corrected chi connectivity index (χ4v) is 4.49. The largest absolute Gasteiger partial charge is 0.367 e. The SMILES string of the molecule is O=C(NC(=S)Nc1ccc(N2CCN(c3c(F)c(F)c(F)c(F)c3F)CC2)c(Cl)c1)c1cccc([N+](=O)[O-])c1. The van der Waals surface area contributed by atoms with Crippen LogP contribution in [0.15, 0.2) is 42.5 Å². The smallest absolute Gasteiger partial charge is 0.270 e. The summed E-state index contributed by atoms with van der Waals surface area (Å²) >= 11 is 11.5. The number of anilines is 3. The van der Waals surface area contributed by atoms with Gasteiger partial charge in [0.1, 0.15) is 5.69 Å². The van der Waals surface area contributed by atoms with Crippen LogP contribution >= 0.6 is 23.8 Å². The average molecular weight is 586 g/mol. The topological polar surface area (TPSA) is 90.8 Å². The highest BCUT2D eigenvalue weighted by Crippen LogP contribution is 2.33. The summed E-state index contributed by atoms with van der Waals surface area (Å²) in [6.45, 7) is 0.262. The molecule has 1 saturated heterocycles. The van der Waals surface area contributed by atoms with Crippen molar-refractivity contribution in [1.82, 2.24) is 5.32 Å². The maximum absolute atomic E-state index is 14.2. The highest BCUT2D eigenvalue weighted by atomic mass is 35.5. The molecule has 3 aromatic carbocycles. The van der Waals surface area contributed by atoms with Gasteiger partial charge in [-0.3, -0.25) is 20.2 Å². The Hall–Kier alpha value is -4.04. The summed E-state index contributed by atoms with van der Waals surface area (Å²) in [5.74, 6) is -10.7. The van der Waals surface area contributed by atoms with Crippen LogP contribution in [0.25, 0.3) is 0 Å². The molecule has 0 saturated carbocycles. The van der Waals surface area contributed by atoms with Crippen LogP contribution in [0.5, 0.6) is 0 Å². The number of nitrogens with one attached hydrogen (secondary N) is 2. The number of rotatable bonds is 5. The lowest BCUT2D eigenvalue weighted by molar-refractivity contribution is -0.384. The van der Waals surface area contributed by atoms with E-state index in [0.29, 0.717) is 11.4 Å². The van der Waals surface area contributed by atoms with Gasteiger partial charge in [0.2, 0.25) is 5.82 Å². The van der Waals surface area contributed by atoms with E-state index in [4.69, 9.17) is 23.8 Å². The molecular weight excluding hydrogens is 569 g/mol. The minimum Gasteiger partial charge on any atom is -0.367 e. The van der Waals surface area contributed by atoms with E-state index in [0.717, 1.165) is 11.0 Å². The quantitative estimate of drug-likeness (QED) is 0.104. The summed E-state index contributed by atoms with van der Waals surface area (Å²) in [5, 5.41) is 16.3. The van der Waals surface area contributed by atoms with Crippen molar-refractivity contribution in [2.24, 2.45) is 0 Å². The zero-order valence-corrected chi connectivity index (χ0v) is 21.2. The van der Waals surface area contributed by atoms with E-state index in [1.54, 1.807) is 17.0 Å². The summed E-state index contributed by atoms with van der Waals surface area (Å²) < 4.78 is 68.9. The van der Waals surface area contributed by atoms with Gasteiger partial charge in [-0.25, -0.2) is 22.0 Å². The maximum Gasteiger partial charge on any atom is 0.270 e. The van der Waals surface area contributed by atoms with Gasteiger partial charge in [-0.1, -0.05) is 17.7 Å². The Balaban J connectivity index is 1.39. The lowest BCUT2D eigenvalue weighted by Crippen LogP contribution is -2.47. The Bertz CT molecular complexity index is 1460. The molecule has 0 atom stereocenters. The molecule has 1 aliphatic rings. The number of hydrogen-bond acceptors (Lipinski definition) is 6. The van der Waals surface area contributed by atoms with E-state index in [9.17, 15) is 36.9 Å². The van der Waals surface area contributed by atoms with Crippen molar-refractivity contribution in [3.8, 4) is 0 Å². The number of nitro benzene ring substituents is 1. The Morgan fingerprint density at radius 1 is 0.897 bits per heavy atom. The molecular formula is C24H17ClF5N5O3S. The number of benzene rings is 3. The summed E-state index contributed by atoms with van der Waals surface area (Å²) in [6.07, 6.45) is 0. The predicted octanol–water partition coefficient (Wildman–Crippen LogP) is 5.40. The number of hydrogen-bond donors (Lipinski definition) is 2. The summed E-state index contributed by atoms with van der Waals surface area (Å²) in [5.41, 5.74) is -0.236. The molecule has 0 bridgehead atoms. The zero-order valence-electron chi connectivity index (χ0n) is 19.6. The molecule has 1 amide bonds. The third kappa shape index (κ3) is 5.86. The Morgan fingerprint density at radius 3 is 2.08 bits per heavy atom. The van der Waals surface area contributed by atoms with E-state index < -0.39 is 45.6 Å². The van der Waals surface area contributed by atoms with Crippen LogP contribution in [-0.2, 0) is 0 Å². The van der Waals surface area contributed by atoms with Crippen molar-refractivity contribution in [1.29, 1.82) is 0 Å². The van der Waals surface area contributed by atoms with Crippen molar-refractivity contribution in [3.05, 3.63) is 92.3 Å². The van der Waals surface area contributed by atoms with Gasteiger partial charge in [0.25, 0.3) is 11.6 Å². The number of nitro groups is 1. The Labute approximate surface area is 228 Å². The van der Waals surface area contributed by atoms with Gasteiger partial charge in [0, 0.05) is 49.6 Å². The fraction of sp³-hybridized carbons (Fsp3) is 0.167. The van der Waals surface area contributed by atoms with Crippen molar-refractivity contribution in [3.63, 3.8) is 0 Å². The number of halogens is 6. The standard InChI is InChI=1S/C24H17ClF5N5O3S/c25-15-11-13(31-24(39)32-23(36)12-2-1-3-14(10-12)35(37)38)4-5-16(15)33-6-8-34(9-7-33)22-20(29)18(27)17(26)19(28)21(22)30/h1-5,10-11H,6-9H2,(H2,31,32,36,39). The molecule has 0 aromatic heterocycles. The summed E-state index contributed by atoms with van der Waals surface area (Å²) in [4.78, 5) is 25.5. The molecule has 0 unspecified atom stereocenters. The van der Waals surface area contributed by atoms with Crippen LogP contribution < -0.4 is 20.4 Å². The third-order valence-electron chi connectivity index (χ3n) is 5.87. The van der Waals surface area contributed by atoms with Crippen LogP contribution in [0, 0.1) is 39.2 Å². The van der Waals surface area contributed by atoms with E-state index in [1.807, 2.05) is 0 Å². The third-order valence-corrected chi connectivity index (χ3v) is 6.38. The highest BCUT2D eigenvalue weighted by molar-refractivity contribution is 7.80. The highest BCUT2D eigenvalue weighted by Gasteiger charge is 2.31. The normalized spacial score (nSPS) is 13.3. The number of non-ortho nitro benzene ring substituents is 1. The number of piperazine rings is 1. The van der Waals surface area contributed by atoms with Gasteiger partial charge >= 0.3 is 0 Å². The zero-order chi connectivity index (χ0) is 28.4. The first-order chi connectivity index (χ1) is 18.5. The number of nitrogens with zero attached hydrogens (tertiary/aromatic N) is 3. The first-order valence-corrected chi connectivity index (χ1v) is 11.9. The summed E-state index contributed by atoms with van der Waals surface area (Å²) in [6, 6.07) is 9.85. The van der Waals surface area contributed by atoms with Gasteiger partial charge in [-0.15, -0.1) is 0 Å². The molecule has 0 radical (unpaired) electrons. The minimum atomic E-state index is -2.21. The second-order valence-electron chi connectivity index (χ2n) is 8.27. The second kappa shape index (κ2) is 11.4. The van der Waals surface area contributed by atoms with Crippen LogP contribution in [0.4, 0.5) is 44.7 Å². The van der Waals surface area contributed by atoms with E-state index in [-0.39, 0.29) is 47.6 Å². The Kier molecular flexibility index (Phi) is 8.16. The van der Waals surface area contributed by atoms with Gasteiger partial charge in [0.15, 0.2) is 28.4 Å². The number of carbonyl (C=O) groups is 1. The fourth-order valence-electron chi connectivity index (χ4n) is 3.98.